The van der Waals surface area contributed by atoms with E-state index in [1.54, 1.807) is 0 Å². The zero-order chi connectivity index (χ0) is 9.68. The first kappa shape index (κ1) is 10.5. The number of carboxylic acids is 1. The molecule has 0 heterocycles. The predicted molar refractivity (Wildman–Crippen MR) is 48.4 cm³/mol. The Balaban J connectivity index is 1.90. The van der Waals surface area contributed by atoms with E-state index in [1.165, 1.54) is 6.42 Å². The molecule has 0 bridgehead atoms. The second-order valence-corrected chi connectivity index (χ2v) is 3.51. The van der Waals surface area contributed by atoms with Crippen molar-refractivity contribution < 1.29 is 14.6 Å². The number of rotatable bonds is 6. The standard InChI is InChI=1S/C9H17NO3/c10-8(9(11)12)5-2-6-13-7-3-1-4-7/h7-8H,1-6,10H2,(H,11,12)/t8-/m0/s1. The third-order valence-corrected chi connectivity index (χ3v) is 2.38. The summed E-state index contributed by atoms with van der Waals surface area (Å²) < 4.78 is 5.46. The van der Waals surface area contributed by atoms with Crippen LogP contribution in [0.4, 0.5) is 0 Å². The first-order valence-corrected chi connectivity index (χ1v) is 4.80. The number of nitrogens with two attached hydrogens (primary N) is 1. The zero-order valence-electron chi connectivity index (χ0n) is 7.74. The number of carbonyl (C=O) groups is 1. The third-order valence-electron chi connectivity index (χ3n) is 2.38. The summed E-state index contributed by atoms with van der Waals surface area (Å²) in [5.41, 5.74) is 5.32. The maximum Gasteiger partial charge on any atom is 0.320 e. The highest BCUT2D eigenvalue weighted by atomic mass is 16.5. The Kier molecular flexibility index (Phi) is 4.18. The third kappa shape index (κ3) is 3.74. The van der Waals surface area contributed by atoms with Crippen molar-refractivity contribution in [2.45, 2.75) is 44.2 Å². The second-order valence-electron chi connectivity index (χ2n) is 3.51. The minimum absolute atomic E-state index is 0.432. The average Bonchev–Trinajstić information content (AvgIpc) is 2.00. The van der Waals surface area contributed by atoms with Gasteiger partial charge in [-0.15, -0.1) is 0 Å². The largest absolute Gasteiger partial charge is 0.480 e. The molecule has 0 aromatic heterocycles. The lowest BCUT2D eigenvalue weighted by Gasteiger charge is -2.25. The van der Waals surface area contributed by atoms with Crippen molar-refractivity contribution in [3.63, 3.8) is 0 Å². The minimum atomic E-state index is -0.927. The van der Waals surface area contributed by atoms with E-state index < -0.39 is 12.0 Å². The molecule has 0 saturated heterocycles. The van der Waals surface area contributed by atoms with Crippen molar-refractivity contribution in [1.29, 1.82) is 0 Å². The number of hydrogen-bond donors (Lipinski definition) is 2. The molecule has 0 amide bonds. The smallest absolute Gasteiger partial charge is 0.320 e. The lowest BCUT2D eigenvalue weighted by atomic mass is 9.96. The van der Waals surface area contributed by atoms with E-state index in [0.29, 0.717) is 19.1 Å². The predicted octanol–water partition coefficient (Wildman–Crippen LogP) is 0.748. The molecule has 4 nitrogen and oxygen atoms in total. The fourth-order valence-corrected chi connectivity index (χ4v) is 1.21. The van der Waals surface area contributed by atoms with E-state index in [9.17, 15) is 4.79 Å². The molecule has 1 fully saturated rings. The molecule has 13 heavy (non-hydrogen) atoms. The highest BCUT2D eigenvalue weighted by Gasteiger charge is 2.17. The summed E-state index contributed by atoms with van der Waals surface area (Å²) in [6.07, 6.45) is 5.25. The van der Waals surface area contributed by atoms with Gasteiger partial charge in [0, 0.05) is 6.61 Å². The van der Waals surface area contributed by atoms with Crippen LogP contribution >= 0.6 is 0 Å². The van der Waals surface area contributed by atoms with E-state index in [2.05, 4.69) is 0 Å². The SMILES string of the molecule is N[C@@H](CCCOC1CCC1)C(=O)O. The minimum Gasteiger partial charge on any atom is -0.480 e. The molecular formula is C9H17NO3. The van der Waals surface area contributed by atoms with Gasteiger partial charge in [0.25, 0.3) is 0 Å². The fraction of sp³-hybridized carbons (Fsp3) is 0.889. The van der Waals surface area contributed by atoms with Crippen molar-refractivity contribution in [2.24, 2.45) is 5.73 Å². The van der Waals surface area contributed by atoms with E-state index in [0.717, 1.165) is 19.3 Å². The molecule has 1 aliphatic rings. The van der Waals surface area contributed by atoms with Crippen LogP contribution in [-0.2, 0) is 9.53 Å². The van der Waals surface area contributed by atoms with Crippen molar-refractivity contribution in [3.05, 3.63) is 0 Å². The molecule has 4 heteroatoms. The van der Waals surface area contributed by atoms with Gasteiger partial charge in [-0.05, 0) is 32.1 Å². The van der Waals surface area contributed by atoms with Crippen LogP contribution in [0.25, 0.3) is 0 Å². The lowest BCUT2D eigenvalue weighted by Crippen LogP contribution is -2.30. The van der Waals surface area contributed by atoms with E-state index in [1.807, 2.05) is 0 Å². The highest BCUT2D eigenvalue weighted by Crippen LogP contribution is 2.21. The molecule has 3 N–H and O–H groups in total. The van der Waals surface area contributed by atoms with Gasteiger partial charge in [0.05, 0.1) is 6.10 Å². The summed E-state index contributed by atoms with van der Waals surface area (Å²) in [4.78, 5) is 10.3. The topological polar surface area (TPSA) is 72.5 Å². The van der Waals surface area contributed by atoms with Crippen LogP contribution in [-0.4, -0.2) is 29.8 Å². The fourth-order valence-electron chi connectivity index (χ4n) is 1.21. The number of ether oxygens (including phenoxy) is 1. The van der Waals surface area contributed by atoms with Crippen molar-refractivity contribution in [2.75, 3.05) is 6.61 Å². The second kappa shape index (κ2) is 5.19. The normalized spacial score (nSPS) is 19.5. The van der Waals surface area contributed by atoms with Gasteiger partial charge in [-0.2, -0.15) is 0 Å². The Labute approximate surface area is 78.1 Å². The number of aliphatic carboxylic acids is 1. The van der Waals surface area contributed by atoms with Gasteiger partial charge in [-0.25, -0.2) is 0 Å². The van der Waals surface area contributed by atoms with Crippen molar-refractivity contribution in [3.8, 4) is 0 Å². The Morgan fingerprint density at radius 2 is 2.31 bits per heavy atom. The van der Waals surface area contributed by atoms with E-state index in [4.69, 9.17) is 15.6 Å². The molecular weight excluding hydrogens is 170 g/mol. The van der Waals surface area contributed by atoms with E-state index >= 15 is 0 Å². The molecule has 0 spiro atoms. The molecule has 0 radical (unpaired) electrons. The van der Waals surface area contributed by atoms with Gasteiger partial charge in [0.1, 0.15) is 6.04 Å². The number of hydrogen-bond acceptors (Lipinski definition) is 3. The van der Waals surface area contributed by atoms with Crippen LogP contribution in [0, 0.1) is 0 Å². The van der Waals surface area contributed by atoms with Crippen LogP contribution < -0.4 is 5.73 Å². The molecule has 0 aromatic carbocycles. The van der Waals surface area contributed by atoms with Crippen LogP contribution in [0.5, 0.6) is 0 Å². The van der Waals surface area contributed by atoms with Gasteiger partial charge in [-0.3, -0.25) is 4.79 Å². The molecule has 1 aliphatic carbocycles. The van der Waals surface area contributed by atoms with Gasteiger partial charge in [-0.1, -0.05) is 0 Å². The molecule has 1 saturated carbocycles. The van der Waals surface area contributed by atoms with Gasteiger partial charge >= 0.3 is 5.97 Å². The summed E-state index contributed by atoms with van der Waals surface area (Å²) in [6, 6.07) is -0.731. The van der Waals surface area contributed by atoms with Gasteiger partial charge in [0.2, 0.25) is 0 Å². The Morgan fingerprint density at radius 3 is 2.77 bits per heavy atom. The van der Waals surface area contributed by atoms with Crippen LogP contribution in [0.2, 0.25) is 0 Å². The molecule has 0 aromatic rings. The quantitative estimate of drug-likeness (QED) is 0.602. The highest BCUT2D eigenvalue weighted by molar-refractivity contribution is 5.72. The Hall–Kier alpha value is -0.610. The summed E-state index contributed by atoms with van der Waals surface area (Å²) >= 11 is 0. The van der Waals surface area contributed by atoms with Crippen LogP contribution in [0.1, 0.15) is 32.1 Å². The first-order chi connectivity index (χ1) is 6.20. The van der Waals surface area contributed by atoms with E-state index in [-0.39, 0.29) is 0 Å². The summed E-state index contributed by atoms with van der Waals surface area (Å²) in [6.45, 7) is 0.644. The van der Waals surface area contributed by atoms with Gasteiger partial charge < -0.3 is 15.6 Å². The molecule has 76 valence electrons. The molecule has 1 rings (SSSR count). The van der Waals surface area contributed by atoms with Gasteiger partial charge in [0.15, 0.2) is 0 Å². The van der Waals surface area contributed by atoms with Crippen molar-refractivity contribution >= 4 is 5.97 Å². The maximum atomic E-state index is 10.3. The molecule has 1 atom stereocenters. The Morgan fingerprint density at radius 1 is 1.62 bits per heavy atom. The van der Waals surface area contributed by atoms with Crippen LogP contribution in [0.3, 0.4) is 0 Å². The zero-order valence-corrected chi connectivity index (χ0v) is 7.74. The summed E-state index contributed by atoms with van der Waals surface area (Å²) in [7, 11) is 0. The molecule has 0 unspecified atom stereocenters. The first-order valence-electron chi connectivity index (χ1n) is 4.80. The summed E-state index contributed by atoms with van der Waals surface area (Å²) in [5, 5.41) is 8.48. The van der Waals surface area contributed by atoms with Crippen LogP contribution in [0.15, 0.2) is 0 Å². The Bertz CT molecular complexity index is 168. The number of carboxylic acid groups (broad SMARTS) is 1. The lowest BCUT2D eigenvalue weighted by molar-refractivity contribution is -0.138. The average molecular weight is 187 g/mol. The van der Waals surface area contributed by atoms with Crippen molar-refractivity contribution in [1.82, 2.24) is 0 Å². The molecule has 0 aliphatic heterocycles. The maximum absolute atomic E-state index is 10.3. The monoisotopic (exact) mass is 187 g/mol. The summed E-state index contributed by atoms with van der Waals surface area (Å²) in [5.74, 6) is -0.927.